The normalized spacial score (nSPS) is 16.4. The Balaban J connectivity index is 1.64. The molecule has 0 spiro atoms. The molecule has 0 radical (unpaired) electrons. The zero-order chi connectivity index (χ0) is 24.7. The molecule has 5 rings (SSSR count). The predicted molar refractivity (Wildman–Crippen MR) is 127 cm³/mol. The Hall–Kier alpha value is -3.27. The van der Waals surface area contributed by atoms with Crippen LogP contribution in [0.4, 0.5) is 13.2 Å². The number of hydrogen-bond donors (Lipinski definition) is 2. The summed E-state index contributed by atoms with van der Waals surface area (Å²) in [5.74, 6) is 1.42. The summed E-state index contributed by atoms with van der Waals surface area (Å²) in [7, 11) is 1.94. The van der Waals surface area contributed by atoms with Crippen molar-refractivity contribution < 1.29 is 13.2 Å². The van der Waals surface area contributed by atoms with Crippen LogP contribution in [0.5, 0.6) is 0 Å². The molecule has 0 unspecified atom stereocenters. The highest BCUT2D eigenvalue weighted by molar-refractivity contribution is 5.94. The van der Waals surface area contributed by atoms with Crippen LogP contribution in [0.1, 0.15) is 67.8 Å². The number of nitrogens with one attached hydrogen (secondary N) is 2. The molecule has 0 amide bonds. The van der Waals surface area contributed by atoms with Gasteiger partial charge in [0.25, 0.3) is 0 Å². The number of aromatic amines is 1. The second-order valence-corrected chi connectivity index (χ2v) is 9.26. The lowest BCUT2D eigenvalue weighted by molar-refractivity contribution is -0.141. The van der Waals surface area contributed by atoms with E-state index in [0.29, 0.717) is 34.8 Å². The summed E-state index contributed by atoms with van der Waals surface area (Å²) in [6, 6.07) is 8.61. The van der Waals surface area contributed by atoms with E-state index in [2.05, 4.69) is 36.8 Å². The summed E-state index contributed by atoms with van der Waals surface area (Å²) in [6.45, 7) is 4.31. The molecule has 3 aromatic heterocycles. The topological polar surface area (TPSA) is 84.3 Å². The number of aryl methyl sites for hydroxylation is 1. The lowest BCUT2D eigenvalue weighted by Crippen LogP contribution is -2.24. The van der Waals surface area contributed by atoms with Gasteiger partial charge in [0.05, 0.1) is 11.2 Å². The van der Waals surface area contributed by atoms with E-state index in [1.165, 1.54) is 6.42 Å². The molecule has 4 aromatic rings. The fraction of sp³-hybridized carbons (Fsp3) is 0.440. The van der Waals surface area contributed by atoms with Crippen LogP contribution in [0.15, 0.2) is 36.7 Å². The molecule has 0 bridgehead atoms. The maximum absolute atomic E-state index is 13.8. The van der Waals surface area contributed by atoms with Gasteiger partial charge in [-0.3, -0.25) is 5.10 Å². The molecule has 0 saturated heterocycles. The molecule has 3 heterocycles. The van der Waals surface area contributed by atoms with Gasteiger partial charge < -0.3 is 9.88 Å². The molecule has 0 aliphatic heterocycles. The smallest absolute Gasteiger partial charge is 0.320 e. The van der Waals surface area contributed by atoms with Crippen LogP contribution in [-0.4, -0.2) is 36.5 Å². The van der Waals surface area contributed by atoms with E-state index >= 15 is 0 Å². The number of hydrogen-bond acceptors (Lipinski definition) is 5. The number of H-pyrrole nitrogens is 1. The number of halogens is 3. The lowest BCUT2D eigenvalue weighted by Gasteiger charge is -2.33. The molecule has 2 atom stereocenters. The standard InChI is InChI=1S/C25H28F3N7/c1-4-29-14(2)21-23-18(12-19(31-21)25(26,27)28)22(32-33-23)17-10-6-9-16(11-17)20(15-7-5-8-15)24-34-30-13-35(24)3/h6,9-15,20,29H,4-5,7-8H2,1-3H3,(H,32,33)/t14-,20+/m0/s1. The maximum Gasteiger partial charge on any atom is 0.433 e. The van der Waals surface area contributed by atoms with Crippen LogP contribution < -0.4 is 5.32 Å². The van der Waals surface area contributed by atoms with E-state index in [4.69, 9.17) is 0 Å². The van der Waals surface area contributed by atoms with Gasteiger partial charge >= 0.3 is 6.18 Å². The highest BCUT2D eigenvalue weighted by atomic mass is 19.4. The van der Waals surface area contributed by atoms with Crippen molar-refractivity contribution >= 4 is 10.9 Å². The Morgan fingerprint density at radius 3 is 2.66 bits per heavy atom. The molecule has 1 saturated carbocycles. The Kier molecular flexibility index (Phi) is 6.08. The molecule has 1 aliphatic rings. The first kappa shape index (κ1) is 23.5. The van der Waals surface area contributed by atoms with Gasteiger partial charge in [0, 0.05) is 30.0 Å². The molecule has 1 aliphatic carbocycles. The van der Waals surface area contributed by atoms with Gasteiger partial charge in [-0.2, -0.15) is 18.3 Å². The van der Waals surface area contributed by atoms with Gasteiger partial charge in [-0.1, -0.05) is 31.5 Å². The van der Waals surface area contributed by atoms with Crippen molar-refractivity contribution in [3.8, 4) is 11.3 Å². The van der Waals surface area contributed by atoms with Crippen LogP contribution >= 0.6 is 0 Å². The van der Waals surface area contributed by atoms with Gasteiger partial charge in [0.2, 0.25) is 0 Å². The Morgan fingerprint density at radius 1 is 1.23 bits per heavy atom. The number of nitrogens with zero attached hydrogens (tertiary/aromatic N) is 5. The number of rotatable bonds is 7. The summed E-state index contributed by atoms with van der Waals surface area (Å²) in [4.78, 5) is 3.95. The molecule has 184 valence electrons. The number of fused-ring (bicyclic) bond motifs is 1. The van der Waals surface area contributed by atoms with E-state index in [1.54, 1.807) is 13.3 Å². The van der Waals surface area contributed by atoms with E-state index in [0.717, 1.165) is 35.9 Å². The average Bonchev–Trinajstić information content (AvgIpc) is 3.41. The minimum atomic E-state index is -4.56. The zero-order valence-corrected chi connectivity index (χ0v) is 19.9. The fourth-order valence-electron chi connectivity index (χ4n) is 4.98. The van der Waals surface area contributed by atoms with Gasteiger partial charge in [-0.05, 0) is 49.9 Å². The highest BCUT2D eigenvalue weighted by Crippen LogP contribution is 2.43. The molecule has 1 fully saturated rings. The molecular weight excluding hydrogens is 455 g/mol. The predicted octanol–water partition coefficient (Wildman–Crippen LogP) is 5.37. The summed E-state index contributed by atoms with van der Waals surface area (Å²) in [5.41, 5.74) is 2.18. The molecular formula is C25H28F3N7. The van der Waals surface area contributed by atoms with Gasteiger partial charge in [0.15, 0.2) is 0 Å². The second kappa shape index (κ2) is 9.07. The first-order valence-corrected chi connectivity index (χ1v) is 11.9. The first-order chi connectivity index (χ1) is 16.8. The van der Waals surface area contributed by atoms with Crippen LogP contribution in [0.2, 0.25) is 0 Å². The molecule has 1 aromatic carbocycles. The van der Waals surface area contributed by atoms with E-state index in [9.17, 15) is 13.2 Å². The molecule has 7 nitrogen and oxygen atoms in total. The third-order valence-electron chi connectivity index (χ3n) is 6.96. The summed E-state index contributed by atoms with van der Waals surface area (Å²) in [5, 5.41) is 19.4. The lowest BCUT2D eigenvalue weighted by atomic mass is 9.72. The highest BCUT2D eigenvalue weighted by Gasteiger charge is 2.35. The summed E-state index contributed by atoms with van der Waals surface area (Å²) < 4.78 is 43.2. The SMILES string of the molecule is CCN[C@@H](C)c1nc(C(F)(F)F)cc2c(-c3cccc([C@H](c4nncn4C)C4CCC4)c3)n[nH]c12. The second-order valence-electron chi connectivity index (χ2n) is 9.26. The van der Waals surface area contributed by atoms with Crippen molar-refractivity contribution in [2.75, 3.05) is 6.54 Å². The average molecular weight is 484 g/mol. The monoisotopic (exact) mass is 483 g/mol. The van der Waals surface area contributed by atoms with Crippen LogP contribution in [-0.2, 0) is 13.2 Å². The minimum absolute atomic E-state index is 0.0677. The third kappa shape index (κ3) is 4.31. The van der Waals surface area contributed by atoms with E-state index < -0.39 is 11.9 Å². The number of alkyl halides is 3. The quantitative estimate of drug-likeness (QED) is 0.369. The summed E-state index contributed by atoms with van der Waals surface area (Å²) >= 11 is 0. The van der Waals surface area contributed by atoms with Crippen molar-refractivity contribution in [3.05, 3.63) is 59.4 Å². The number of benzene rings is 1. The van der Waals surface area contributed by atoms with Crippen LogP contribution in [0.3, 0.4) is 0 Å². The zero-order valence-electron chi connectivity index (χ0n) is 19.9. The van der Waals surface area contributed by atoms with E-state index in [-0.39, 0.29) is 12.0 Å². The Bertz CT molecular complexity index is 1340. The number of aromatic nitrogens is 6. The largest absolute Gasteiger partial charge is 0.433 e. The van der Waals surface area contributed by atoms with Gasteiger partial charge in [-0.15, -0.1) is 10.2 Å². The van der Waals surface area contributed by atoms with Crippen LogP contribution in [0, 0.1) is 5.92 Å². The Morgan fingerprint density at radius 2 is 2.03 bits per heavy atom. The van der Waals surface area contributed by atoms with Crippen molar-refractivity contribution in [1.82, 2.24) is 35.3 Å². The maximum atomic E-state index is 13.8. The van der Waals surface area contributed by atoms with Crippen molar-refractivity contribution in [2.24, 2.45) is 13.0 Å². The molecule has 35 heavy (non-hydrogen) atoms. The van der Waals surface area contributed by atoms with Crippen molar-refractivity contribution in [2.45, 2.75) is 51.2 Å². The first-order valence-electron chi connectivity index (χ1n) is 11.9. The van der Waals surface area contributed by atoms with E-state index in [1.807, 2.05) is 36.7 Å². The number of pyridine rings is 1. The van der Waals surface area contributed by atoms with Crippen LogP contribution in [0.25, 0.3) is 22.2 Å². The fourth-order valence-corrected chi connectivity index (χ4v) is 4.98. The summed E-state index contributed by atoms with van der Waals surface area (Å²) in [6.07, 6.45) is 0.540. The minimum Gasteiger partial charge on any atom is -0.320 e. The molecule has 10 heteroatoms. The Labute approximate surface area is 201 Å². The van der Waals surface area contributed by atoms with Crippen molar-refractivity contribution in [3.63, 3.8) is 0 Å². The third-order valence-corrected chi connectivity index (χ3v) is 6.96. The van der Waals surface area contributed by atoms with Gasteiger partial charge in [-0.25, -0.2) is 4.98 Å². The van der Waals surface area contributed by atoms with Gasteiger partial charge in [0.1, 0.15) is 23.5 Å². The van der Waals surface area contributed by atoms with Crippen molar-refractivity contribution in [1.29, 1.82) is 0 Å². The molecule has 2 N–H and O–H groups in total.